The minimum Gasteiger partial charge on any atom is -0.493 e. The van der Waals surface area contributed by atoms with Crippen LogP contribution < -0.4 is 20.2 Å². The average Bonchev–Trinajstić information content (AvgIpc) is 3.18. The molecule has 2 rings (SSSR count). The molecule has 2 aromatic rings. The molecule has 0 aliphatic heterocycles. The molecule has 0 aliphatic rings. The molecule has 1 aromatic carbocycles. The number of methoxy groups -OCH3 is 2. The van der Waals surface area contributed by atoms with Crippen molar-refractivity contribution >= 4 is 29.5 Å². The number of nitrogens with one attached hydrogen (secondary N) is 2. The number of carbonyl (C=O) groups excluding carboxylic acids is 1. The highest BCUT2D eigenvalue weighted by atomic mass is 32.1. The monoisotopic (exact) mass is 377 g/mol. The molecule has 0 atom stereocenters. The lowest BCUT2D eigenvalue weighted by Gasteiger charge is -2.09. The van der Waals surface area contributed by atoms with Crippen LogP contribution in [0.5, 0.6) is 11.5 Å². The van der Waals surface area contributed by atoms with E-state index in [1.807, 2.05) is 0 Å². The van der Waals surface area contributed by atoms with Crippen molar-refractivity contribution in [3.05, 3.63) is 47.9 Å². The molecule has 0 saturated carbocycles. The number of hydrogen-bond donors (Lipinski definition) is 2. The molecule has 0 spiro atoms. The highest BCUT2D eigenvalue weighted by molar-refractivity contribution is 7.80. The maximum Gasteiger partial charge on any atom is 0.379 e. The summed E-state index contributed by atoms with van der Waals surface area (Å²) in [7, 11) is 3.09. The maximum atomic E-state index is 11.9. The number of furan rings is 1. The fourth-order valence-corrected chi connectivity index (χ4v) is 2.02. The molecule has 1 heterocycles. The Balaban J connectivity index is 1.96. The van der Waals surface area contributed by atoms with Gasteiger partial charge in [0.25, 0.3) is 0 Å². The van der Waals surface area contributed by atoms with Gasteiger partial charge in [-0.25, -0.2) is 4.79 Å². The number of rotatable bonds is 8. The van der Waals surface area contributed by atoms with Gasteiger partial charge in [0.05, 0.1) is 26.2 Å². The average molecular weight is 377 g/mol. The lowest BCUT2D eigenvalue weighted by Crippen LogP contribution is -2.34. The van der Waals surface area contributed by atoms with Crippen molar-refractivity contribution in [3.63, 3.8) is 0 Å². The van der Waals surface area contributed by atoms with E-state index in [-0.39, 0.29) is 11.5 Å². The first-order valence-electron chi connectivity index (χ1n) is 7.63. The Morgan fingerprint density at radius 3 is 2.85 bits per heavy atom. The Hall–Kier alpha value is -2.91. The van der Waals surface area contributed by atoms with Gasteiger partial charge >= 0.3 is 5.97 Å². The molecule has 0 saturated heterocycles. The molecular formula is C17H19N3O5S. The summed E-state index contributed by atoms with van der Waals surface area (Å²) in [5.41, 5.74) is 3.42. The van der Waals surface area contributed by atoms with Crippen LogP contribution in [0.4, 0.5) is 0 Å². The van der Waals surface area contributed by atoms with Crippen molar-refractivity contribution in [2.45, 2.75) is 0 Å². The second kappa shape index (κ2) is 10.2. The van der Waals surface area contributed by atoms with E-state index in [0.29, 0.717) is 24.0 Å². The molecule has 138 valence electrons. The van der Waals surface area contributed by atoms with Gasteiger partial charge in [-0.1, -0.05) is 0 Å². The predicted octanol–water partition coefficient (Wildman–Crippen LogP) is 1.95. The molecule has 9 heteroatoms. The number of esters is 1. The number of benzene rings is 1. The van der Waals surface area contributed by atoms with Crippen molar-refractivity contribution in [1.29, 1.82) is 0 Å². The van der Waals surface area contributed by atoms with E-state index in [9.17, 15) is 4.79 Å². The van der Waals surface area contributed by atoms with Gasteiger partial charge in [-0.05, 0) is 48.1 Å². The van der Waals surface area contributed by atoms with Crippen molar-refractivity contribution < 1.29 is 23.4 Å². The lowest BCUT2D eigenvalue weighted by atomic mass is 10.2. The maximum absolute atomic E-state index is 11.9. The topological polar surface area (TPSA) is 94.3 Å². The second-order valence-corrected chi connectivity index (χ2v) is 5.30. The summed E-state index contributed by atoms with van der Waals surface area (Å²) >= 11 is 5.06. The number of thiocarbonyl (C=S) groups is 1. The Morgan fingerprint density at radius 1 is 1.31 bits per heavy atom. The zero-order chi connectivity index (χ0) is 18.8. The Kier molecular flexibility index (Phi) is 7.59. The minimum absolute atomic E-state index is 0.108. The van der Waals surface area contributed by atoms with Crippen LogP contribution in [0.1, 0.15) is 16.1 Å². The van der Waals surface area contributed by atoms with Crippen LogP contribution in [-0.4, -0.2) is 44.7 Å². The Labute approximate surface area is 156 Å². The Morgan fingerprint density at radius 2 is 2.15 bits per heavy atom. The first-order valence-corrected chi connectivity index (χ1v) is 8.04. The number of hydrazone groups is 1. The van der Waals surface area contributed by atoms with Gasteiger partial charge in [0.2, 0.25) is 5.76 Å². The molecule has 0 aliphatic carbocycles. The van der Waals surface area contributed by atoms with E-state index in [4.69, 9.17) is 30.8 Å². The molecule has 8 nitrogen and oxygen atoms in total. The summed E-state index contributed by atoms with van der Waals surface area (Å²) < 4.78 is 20.4. The molecule has 26 heavy (non-hydrogen) atoms. The number of ether oxygens (including phenoxy) is 3. The van der Waals surface area contributed by atoms with Gasteiger partial charge in [-0.15, -0.1) is 0 Å². The lowest BCUT2D eigenvalue weighted by molar-refractivity contribution is 0.0696. The van der Waals surface area contributed by atoms with E-state index in [1.54, 1.807) is 37.6 Å². The van der Waals surface area contributed by atoms with E-state index in [2.05, 4.69) is 15.8 Å². The first-order chi connectivity index (χ1) is 12.6. The zero-order valence-electron chi connectivity index (χ0n) is 14.4. The summed E-state index contributed by atoms with van der Waals surface area (Å²) in [5.74, 6) is 0.158. The summed E-state index contributed by atoms with van der Waals surface area (Å²) in [4.78, 5) is 11.9. The van der Waals surface area contributed by atoms with Crippen LogP contribution in [0, 0.1) is 0 Å². The largest absolute Gasteiger partial charge is 0.493 e. The number of carbonyl (C=O) groups is 1. The van der Waals surface area contributed by atoms with E-state index in [0.717, 1.165) is 5.56 Å². The molecule has 1 aromatic heterocycles. The number of nitrogens with zero attached hydrogens (tertiary/aromatic N) is 1. The highest BCUT2D eigenvalue weighted by Crippen LogP contribution is 2.28. The van der Waals surface area contributed by atoms with Gasteiger partial charge in [0.15, 0.2) is 16.6 Å². The summed E-state index contributed by atoms with van der Waals surface area (Å²) in [6.45, 7) is 1.13. The molecule has 0 radical (unpaired) electrons. The second-order valence-electron chi connectivity index (χ2n) is 4.90. The van der Waals surface area contributed by atoms with Crippen LogP contribution >= 0.6 is 12.2 Å². The van der Waals surface area contributed by atoms with Crippen molar-refractivity contribution in [3.8, 4) is 11.5 Å². The molecular weight excluding hydrogens is 358 g/mol. The van der Waals surface area contributed by atoms with Gasteiger partial charge in [0, 0.05) is 13.7 Å². The van der Waals surface area contributed by atoms with Crippen LogP contribution in [-0.2, 0) is 4.74 Å². The van der Waals surface area contributed by atoms with Gasteiger partial charge in [-0.3, -0.25) is 5.43 Å². The third-order valence-electron chi connectivity index (χ3n) is 3.08. The van der Waals surface area contributed by atoms with E-state index >= 15 is 0 Å². The van der Waals surface area contributed by atoms with Gasteiger partial charge < -0.3 is 23.9 Å². The standard InChI is InChI=1S/C17H19N3O5S/c1-22-9-7-18-17(26)20-19-11-12-5-6-13(15(10-12)23-2)25-16(21)14-4-3-8-24-14/h3-6,8,10-11H,7,9H2,1-2H3,(H2,18,20,26). The number of hydrogen-bond acceptors (Lipinski definition) is 7. The minimum atomic E-state index is -0.608. The molecule has 0 bridgehead atoms. The smallest absolute Gasteiger partial charge is 0.379 e. The predicted molar refractivity (Wildman–Crippen MR) is 99.9 cm³/mol. The SMILES string of the molecule is COCCNC(=S)NN=Cc1ccc(OC(=O)c2ccco2)c(OC)c1. The fraction of sp³-hybridized carbons (Fsp3) is 0.235. The molecule has 0 fully saturated rings. The van der Waals surface area contributed by atoms with Crippen LogP contribution in [0.15, 0.2) is 46.1 Å². The molecule has 0 amide bonds. The summed E-state index contributed by atoms with van der Waals surface area (Å²) in [5, 5.41) is 7.34. The van der Waals surface area contributed by atoms with E-state index in [1.165, 1.54) is 19.4 Å². The third-order valence-corrected chi connectivity index (χ3v) is 3.32. The first kappa shape index (κ1) is 19.4. The van der Waals surface area contributed by atoms with Gasteiger partial charge in [-0.2, -0.15) is 5.10 Å². The fourth-order valence-electron chi connectivity index (χ4n) is 1.87. The van der Waals surface area contributed by atoms with Crippen LogP contribution in [0.25, 0.3) is 0 Å². The highest BCUT2D eigenvalue weighted by Gasteiger charge is 2.14. The van der Waals surface area contributed by atoms with Crippen molar-refractivity contribution in [2.75, 3.05) is 27.4 Å². The van der Waals surface area contributed by atoms with Gasteiger partial charge in [0.1, 0.15) is 0 Å². The zero-order valence-corrected chi connectivity index (χ0v) is 15.2. The quantitative estimate of drug-likeness (QED) is 0.180. The normalized spacial score (nSPS) is 10.5. The van der Waals surface area contributed by atoms with Crippen LogP contribution in [0.2, 0.25) is 0 Å². The summed E-state index contributed by atoms with van der Waals surface area (Å²) in [6, 6.07) is 8.13. The Bertz CT molecular complexity index is 762. The molecule has 2 N–H and O–H groups in total. The van der Waals surface area contributed by atoms with Crippen LogP contribution in [0.3, 0.4) is 0 Å². The molecule has 0 unspecified atom stereocenters. The third kappa shape index (κ3) is 5.87. The van der Waals surface area contributed by atoms with Crippen molar-refractivity contribution in [1.82, 2.24) is 10.7 Å². The summed E-state index contributed by atoms with van der Waals surface area (Å²) in [6.07, 6.45) is 2.96. The van der Waals surface area contributed by atoms with E-state index < -0.39 is 5.97 Å². The van der Waals surface area contributed by atoms with Crippen molar-refractivity contribution in [2.24, 2.45) is 5.10 Å².